The van der Waals surface area contributed by atoms with E-state index in [1.165, 1.54) is 30.5 Å². The predicted molar refractivity (Wildman–Crippen MR) is 77.2 cm³/mol. The van der Waals surface area contributed by atoms with E-state index < -0.39 is 27.4 Å². The number of rotatable bonds is 4. The maximum atomic E-state index is 12.8. The Morgan fingerprint density at radius 2 is 2.04 bits per heavy atom. The first-order valence-corrected chi connectivity index (χ1v) is 6.59. The van der Waals surface area contributed by atoms with Crippen molar-refractivity contribution in [1.29, 1.82) is 0 Å². The van der Waals surface area contributed by atoms with Crippen molar-refractivity contribution in [2.45, 2.75) is 12.7 Å². The third-order valence-electron chi connectivity index (χ3n) is 2.99. The Hall–Kier alpha value is -2.42. The molecule has 2 rings (SSSR count). The summed E-state index contributed by atoms with van der Waals surface area (Å²) >= 11 is 5.64. The summed E-state index contributed by atoms with van der Waals surface area (Å²) in [5, 5.41) is 10.5. The number of nitro benzene ring substituents is 1. The van der Waals surface area contributed by atoms with Crippen molar-refractivity contribution < 1.29 is 18.1 Å². The number of hydrogen-bond acceptors (Lipinski definition) is 5. The molecule has 1 aromatic heterocycles. The third-order valence-corrected chi connectivity index (χ3v) is 3.31. The molecule has 2 aromatic rings. The molecule has 0 N–H and O–H groups in total. The van der Waals surface area contributed by atoms with Crippen molar-refractivity contribution in [2.24, 2.45) is 0 Å². The molecule has 0 atom stereocenters. The van der Waals surface area contributed by atoms with Crippen LogP contribution in [0.15, 0.2) is 30.7 Å². The molecule has 0 amide bonds. The third kappa shape index (κ3) is 3.86. The average Bonchev–Trinajstić information content (AvgIpc) is 2.46. The van der Waals surface area contributed by atoms with Crippen LogP contribution >= 0.6 is 11.6 Å². The van der Waals surface area contributed by atoms with Gasteiger partial charge in [-0.3, -0.25) is 20.1 Å². The summed E-state index contributed by atoms with van der Waals surface area (Å²) < 4.78 is 38.5. The highest BCUT2D eigenvalue weighted by Crippen LogP contribution is 2.41. The highest BCUT2D eigenvalue weighted by molar-refractivity contribution is 6.31. The van der Waals surface area contributed by atoms with Crippen LogP contribution in [0.5, 0.6) is 0 Å². The Labute approximate surface area is 133 Å². The fraction of sp³-hybridized carbons (Fsp3) is 0.231. The van der Waals surface area contributed by atoms with Gasteiger partial charge in [0.2, 0.25) is 0 Å². The molecule has 0 spiro atoms. The van der Waals surface area contributed by atoms with Crippen LogP contribution in [0.1, 0.15) is 11.3 Å². The normalized spacial score (nSPS) is 11.3. The average molecular weight is 347 g/mol. The number of aromatic nitrogens is 2. The van der Waals surface area contributed by atoms with Gasteiger partial charge in [-0.1, -0.05) is 11.6 Å². The minimum absolute atomic E-state index is 0.0429. The van der Waals surface area contributed by atoms with Crippen molar-refractivity contribution in [3.05, 3.63) is 57.1 Å². The van der Waals surface area contributed by atoms with Crippen LogP contribution < -0.4 is 4.90 Å². The summed E-state index contributed by atoms with van der Waals surface area (Å²) in [4.78, 5) is 19.5. The van der Waals surface area contributed by atoms with Crippen molar-refractivity contribution in [1.82, 2.24) is 9.97 Å². The summed E-state index contributed by atoms with van der Waals surface area (Å²) in [6, 6.07) is 1.36. The van der Waals surface area contributed by atoms with E-state index in [1.807, 2.05) is 0 Å². The van der Waals surface area contributed by atoms with E-state index >= 15 is 0 Å². The Morgan fingerprint density at radius 1 is 1.35 bits per heavy atom. The number of alkyl halides is 3. The Morgan fingerprint density at radius 3 is 2.57 bits per heavy atom. The minimum Gasteiger partial charge on any atom is -0.363 e. The van der Waals surface area contributed by atoms with Crippen molar-refractivity contribution in [3.8, 4) is 0 Å². The number of anilines is 1. The molecule has 0 unspecified atom stereocenters. The van der Waals surface area contributed by atoms with Gasteiger partial charge in [-0.15, -0.1) is 0 Å². The molecule has 0 aliphatic carbocycles. The summed E-state index contributed by atoms with van der Waals surface area (Å²) in [7, 11) is 1.49. The molecular weight excluding hydrogens is 337 g/mol. The molecule has 10 heteroatoms. The van der Waals surface area contributed by atoms with Gasteiger partial charge in [0.15, 0.2) is 0 Å². The van der Waals surface area contributed by atoms with E-state index in [2.05, 4.69) is 9.97 Å². The minimum atomic E-state index is -4.77. The van der Waals surface area contributed by atoms with Crippen LogP contribution in [0, 0.1) is 10.1 Å². The molecule has 0 saturated carbocycles. The lowest BCUT2D eigenvalue weighted by Gasteiger charge is -2.20. The lowest BCUT2D eigenvalue weighted by atomic mass is 10.1. The zero-order valence-corrected chi connectivity index (χ0v) is 12.5. The monoisotopic (exact) mass is 346 g/mol. The molecular formula is C13H10ClF3N4O2. The fourth-order valence-corrected chi connectivity index (χ4v) is 2.23. The maximum absolute atomic E-state index is 12.8. The number of nitro groups is 1. The molecule has 0 saturated heterocycles. The van der Waals surface area contributed by atoms with Crippen LogP contribution in [-0.4, -0.2) is 21.9 Å². The zero-order valence-electron chi connectivity index (χ0n) is 11.7. The second-order valence-electron chi connectivity index (χ2n) is 4.63. The second-order valence-corrected chi connectivity index (χ2v) is 5.04. The molecule has 0 aliphatic rings. The van der Waals surface area contributed by atoms with Gasteiger partial charge in [-0.2, -0.15) is 13.2 Å². The van der Waals surface area contributed by atoms with E-state index in [9.17, 15) is 23.3 Å². The van der Waals surface area contributed by atoms with Crippen LogP contribution in [0.2, 0.25) is 5.02 Å². The van der Waals surface area contributed by atoms with Crippen LogP contribution in [0.3, 0.4) is 0 Å². The van der Waals surface area contributed by atoms with E-state index in [0.29, 0.717) is 11.8 Å². The lowest BCUT2D eigenvalue weighted by Crippen LogP contribution is -2.19. The zero-order chi connectivity index (χ0) is 17.2. The van der Waals surface area contributed by atoms with Gasteiger partial charge >= 0.3 is 6.18 Å². The van der Waals surface area contributed by atoms with Gasteiger partial charge in [-0.25, -0.2) is 0 Å². The number of halogens is 4. The van der Waals surface area contributed by atoms with Gasteiger partial charge in [0.05, 0.1) is 33.9 Å². The number of nitrogens with zero attached hydrogens (tertiary/aromatic N) is 4. The van der Waals surface area contributed by atoms with E-state index in [1.54, 1.807) is 0 Å². The van der Waals surface area contributed by atoms with Gasteiger partial charge < -0.3 is 4.90 Å². The maximum Gasteiger partial charge on any atom is 0.418 e. The molecule has 0 bridgehead atoms. The van der Waals surface area contributed by atoms with E-state index in [4.69, 9.17) is 11.6 Å². The topological polar surface area (TPSA) is 72.2 Å². The van der Waals surface area contributed by atoms with Crippen molar-refractivity contribution >= 4 is 23.0 Å². The molecule has 1 aromatic carbocycles. The van der Waals surface area contributed by atoms with E-state index in [0.717, 1.165) is 6.07 Å². The highest BCUT2D eigenvalue weighted by Gasteiger charge is 2.36. The molecule has 0 aliphatic heterocycles. The molecule has 6 nitrogen and oxygen atoms in total. The predicted octanol–water partition coefficient (Wildman–Crippen LogP) is 3.69. The first-order valence-electron chi connectivity index (χ1n) is 6.21. The van der Waals surface area contributed by atoms with Gasteiger partial charge in [0, 0.05) is 25.5 Å². The Bertz CT molecular complexity index is 725. The quantitative estimate of drug-likeness (QED) is 0.623. The van der Waals surface area contributed by atoms with Gasteiger partial charge in [0.1, 0.15) is 5.69 Å². The largest absolute Gasteiger partial charge is 0.418 e. The second kappa shape index (κ2) is 6.37. The van der Waals surface area contributed by atoms with Crippen LogP contribution in [0.25, 0.3) is 0 Å². The summed E-state index contributed by atoms with van der Waals surface area (Å²) in [6.07, 6.45) is -0.421. The lowest BCUT2D eigenvalue weighted by molar-refractivity contribution is -0.384. The van der Waals surface area contributed by atoms with Crippen molar-refractivity contribution in [2.75, 3.05) is 11.9 Å². The summed E-state index contributed by atoms with van der Waals surface area (Å²) in [5.41, 5.74) is -1.48. The Kier molecular flexibility index (Phi) is 4.69. The summed E-state index contributed by atoms with van der Waals surface area (Å²) in [5.74, 6) is 0. The smallest absolute Gasteiger partial charge is 0.363 e. The van der Waals surface area contributed by atoms with E-state index in [-0.39, 0.29) is 12.2 Å². The van der Waals surface area contributed by atoms with Gasteiger partial charge in [-0.05, 0) is 6.07 Å². The van der Waals surface area contributed by atoms with Crippen molar-refractivity contribution in [3.63, 3.8) is 0 Å². The molecule has 0 radical (unpaired) electrons. The fourth-order valence-electron chi connectivity index (χ4n) is 1.96. The van der Waals surface area contributed by atoms with Crippen LogP contribution in [-0.2, 0) is 12.7 Å². The molecule has 23 heavy (non-hydrogen) atoms. The molecule has 122 valence electrons. The Balaban J connectivity index is 2.45. The SMILES string of the molecule is CN(Cc1cnccn1)c1cc(Cl)c(C(F)(F)F)cc1[N+](=O)[O-]. The first-order chi connectivity index (χ1) is 10.7. The number of hydrogen-bond donors (Lipinski definition) is 0. The first kappa shape index (κ1) is 16.9. The van der Waals surface area contributed by atoms with Gasteiger partial charge in [0.25, 0.3) is 5.69 Å². The number of benzene rings is 1. The molecule has 1 heterocycles. The molecule has 0 fully saturated rings. The highest BCUT2D eigenvalue weighted by atomic mass is 35.5. The standard InChI is InChI=1S/C13H10ClF3N4O2/c1-20(7-8-6-18-2-3-19-8)11-5-10(14)9(13(15,16)17)4-12(11)21(22)23/h2-6H,7H2,1H3. The van der Waals surface area contributed by atoms with Crippen LogP contribution in [0.4, 0.5) is 24.5 Å². The summed E-state index contributed by atoms with van der Waals surface area (Å²) in [6.45, 7) is 0.121.